The van der Waals surface area contributed by atoms with Crippen molar-refractivity contribution in [2.75, 3.05) is 26.0 Å². The summed E-state index contributed by atoms with van der Waals surface area (Å²) >= 11 is 0. The van der Waals surface area contributed by atoms with E-state index in [-0.39, 0.29) is 11.8 Å². The predicted octanol–water partition coefficient (Wildman–Crippen LogP) is 4.58. The zero-order valence-electron chi connectivity index (χ0n) is 18.0. The van der Waals surface area contributed by atoms with Gasteiger partial charge in [-0.3, -0.25) is 9.59 Å². The number of benzene rings is 3. The maximum Gasteiger partial charge on any atom is 0.255 e. The summed E-state index contributed by atoms with van der Waals surface area (Å²) in [4.78, 5) is 25.9. The molecule has 0 saturated heterocycles. The number of hydrogen-bond donors (Lipinski definition) is 1. The van der Waals surface area contributed by atoms with Crippen LogP contribution in [0.3, 0.4) is 0 Å². The lowest BCUT2D eigenvalue weighted by molar-refractivity contribution is -0.128. The number of ether oxygens (including phenoxy) is 1. The lowest BCUT2D eigenvalue weighted by Crippen LogP contribution is -2.21. The summed E-state index contributed by atoms with van der Waals surface area (Å²) < 4.78 is 5.78. The molecule has 5 nitrogen and oxygen atoms in total. The van der Waals surface area contributed by atoms with Gasteiger partial charge in [0.2, 0.25) is 5.91 Å². The Hall–Kier alpha value is -3.60. The average molecular weight is 417 g/mol. The van der Waals surface area contributed by atoms with Crippen molar-refractivity contribution < 1.29 is 14.3 Å². The van der Waals surface area contributed by atoms with E-state index in [1.54, 1.807) is 31.1 Å². The van der Waals surface area contributed by atoms with Crippen LogP contribution in [0.25, 0.3) is 0 Å². The number of anilines is 1. The van der Waals surface area contributed by atoms with Crippen LogP contribution in [0.5, 0.6) is 5.75 Å². The van der Waals surface area contributed by atoms with Crippen molar-refractivity contribution in [2.45, 2.75) is 19.3 Å². The van der Waals surface area contributed by atoms with E-state index < -0.39 is 0 Å². The number of nitrogens with one attached hydrogen (secondary N) is 1. The molecule has 3 aromatic carbocycles. The van der Waals surface area contributed by atoms with Gasteiger partial charge in [0.1, 0.15) is 5.75 Å². The second kappa shape index (κ2) is 11.0. The van der Waals surface area contributed by atoms with Crippen molar-refractivity contribution in [3.63, 3.8) is 0 Å². The molecule has 0 fully saturated rings. The van der Waals surface area contributed by atoms with Gasteiger partial charge in [-0.15, -0.1) is 0 Å². The smallest absolute Gasteiger partial charge is 0.255 e. The molecule has 0 atom stereocenters. The lowest BCUT2D eigenvalue weighted by atomic mass is 10.1. The first kappa shape index (κ1) is 22.1. The maximum atomic E-state index is 12.6. The third kappa shape index (κ3) is 7.00. The molecule has 160 valence electrons. The summed E-state index contributed by atoms with van der Waals surface area (Å²) in [5.41, 5.74) is 3.51. The number of rotatable bonds is 9. The van der Waals surface area contributed by atoms with Gasteiger partial charge < -0.3 is 15.0 Å². The number of aryl methyl sites for hydroxylation is 1. The molecule has 2 amide bonds. The van der Waals surface area contributed by atoms with E-state index in [1.165, 1.54) is 5.56 Å². The fourth-order valence-corrected chi connectivity index (χ4v) is 3.12. The quantitative estimate of drug-likeness (QED) is 0.555. The monoisotopic (exact) mass is 416 g/mol. The van der Waals surface area contributed by atoms with Crippen LogP contribution in [0, 0.1) is 0 Å². The summed E-state index contributed by atoms with van der Waals surface area (Å²) in [6, 6.07) is 24.9. The first-order valence-electron chi connectivity index (χ1n) is 10.4. The van der Waals surface area contributed by atoms with E-state index in [1.807, 2.05) is 54.6 Å². The predicted molar refractivity (Wildman–Crippen MR) is 123 cm³/mol. The van der Waals surface area contributed by atoms with Crippen molar-refractivity contribution in [1.82, 2.24) is 4.90 Å². The third-order valence-corrected chi connectivity index (χ3v) is 4.93. The molecule has 5 heteroatoms. The minimum absolute atomic E-state index is 0.0838. The molecule has 1 N–H and O–H groups in total. The topological polar surface area (TPSA) is 58.6 Å². The van der Waals surface area contributed by atoms with Crippen LogP contribution >= 0.6 is 0 Å². The van der Waals surface area contributed by atoms with Crippen molar-refractivity contribution in [3.05, 3.63) is 95.6 Å². The largest absolute Gasteiger partial charge is 0.493 e. The van der Waals surface area contributed by atoms with Crippen molar-refractivity contribution >= 4 is 17.5 Å². The minimum Gasteiger partial charge on any atom is -0.493 e. The van der Waals surface area contributed by atoms with E-state index in [2.05, 4.69) is 17.4 Å². The molecule has 0 heterocycles. The van der Waals surface area contributed by atoms with Gasteiger partial charge in [0.15, 0.2) is 0 Å². The minimum atomic E-state index is -0.183. The summed E-state index contributed by atoms with van der Waals surface area (Å²) in [6.07, 6.45) is 1.91. The molecular formula is C26H28N2O3. The highest BCUT2D eigenvalue weighted by atomic mass is 16.5. The van der Waals surface area contributed by atoms with Gasteiger partial charge in [0.25, 0.3) is 5.91 Å². The second-order valence-electron chi connectivity index (χ2n) is 7.55. The van der Waals surface area contributed by atoms with Crippen LogP contribution in [0.1, 0.15) is 27.9 Å². The average Bonchev–Trinajstić information content (AvgIpc) is 2.79. The Kier molecular flexibility index (Phi) is 7.82. The van der Waals surface area contributed by atoms with E-state index in [4.69, 9.17) is 4.74 Å². The molecular weight excluding hydrogens is 388 g/mol. The van der Waals surface area contributed by atoms with Gasteiger partial charge in [-0.2, -0.15) is 0 Å². The molecule has 0 aliphatic rings. The van der Waals surface area contributed by atoms with Gasteiger partial charge >= 0.3 is 0 Å². The second-order valence-corrected chi connectivity index (χ2v) is 7.55. The first-order valence-corrected chi connectivity index (χ1v) is 10.4. The Labute approximate surface area is 183 Å². The fourth-order valence-electron chi connectivity index (χ4n) is 3.12. The molecule has 3 aromatic rings. The molecule has 31 heavy (non-hydrogen) atoms. The van der Waals surface area contributed by atoms with E-state index in [0.717, 1.165) is 17.7 Å². The molecule has 0 radical (unpaired) electrons. The number of amides is 2. The fraction of sp³-hybridized carbons (Fsp3) is 0.231. The van der Waals surface area contributed by atoms with Gasteiger partial charge in [-0.25, -0.2) is 0 Å². The maximum absolute atomic E-state index is 12.6. The zero-order valence-corrected chi connectivity index (χ0v) is 18.0. The van der Waals surface area contributed by atoms with E-state index in [9.17, 15) is 9.59 Å². The Balaban J connectivity index is 1.51. The van der Waals surface area contributed by atoms with Crippen LogP contribution in [0.2, 0.25) is 0 Å². The Morgan fingerprint density at radius 1 is 0.839 bits per heavy atom. The van der Waals surface area contributed by atoms with Crippen molar-refractivity contribution in [3.8, 4) is 5.75 Å². The molecule has 0 bridgehead atoms. The number of carbonyl (C=O) groups excluding carboxylic acids is 2. The van der Waals surface area contributed by atoms with Gasteiger partial charge in [-0.05, 0) is 53.9 Å². The summed E-state index contributed by atoms with van der Waals surface area (Å²) in [5.74, 6) is 0.637. The van der Waals surface area contributed by atoms with Crippen LogP contribution in [0.15, 0.2) is 78.9 Å². The highest BCUT2D eigenvalue weighted by Gasteiger charge is 2.08. The van der Waals surface area contributed by atoms with Crippen molar-refractivity contribution in [1.29, 1.82) is 0 Å². The van der Waals surface area contributed by atoms with E-state index >= 15 is 0 Å². The van der Waals surface area contributed by atoms with Crippen LogP contribution < -0.4 is 10.1 Å². The van der Waals surface area contributed by atoms with E-state index in [0.29, 0.717) is 30.7 Å². The molecule has 0 unspecified atom stereocenters. The summed E-state index contributed by atoms with van der Waals surface area (Å²) in [7, 11) is 3.50. The normalized spacial score (nSPS) is 10.4. The molecule has 0 aromatic heterocycles. The zero-order chi connectivity index (χ0) is 22.1. The highest BCUT2D eigenvalue weighted by Crippen LogP contribution is 2.17. The molecule has 3 rings (SSSR count). The Morgan fingerprint density at radius 2 is 1.55 bits per heavy atom. The lowest BCUT2D eigenvalue weighted by Gasteiger charge is -2.11. The van der Waals surface area contributed by atoms with Crippen LogP contribution in [-0.4, -0.2) is 37.4 Å². The summed E-state index contributed by atoms with van der Waals surface area (Å²) in [5, 5.41) is 2.92. The number of nitrogens with zero attached hydrogens (tertiary/aromatic N) is 1. The third-order valence-electron chi connectivity index (χ3n) is 4.93. The summed E-state index contributed by atoms with van der Waals surface area (Å²) in [6.45, 7) is 0.582. The van der Waals surface area contributed by atoms with Crippen LogP contribution in [-0.2, 0) is 17.6 Å². The molecule has 0 aliphatic carbocycles. The standard InChI is InChI=1S/C26H28N2O3/c1-28(2)25(29)16-11-21-9-6-10-23(19-21)27-26(30)22-12-14-24(15-13-22)31-18-17-20-7-4-3-5-8-20/h3-10,12-15,19H,11,16-18H2,1-2H3,(H,27,30). The number of carbonyl (C=O) groups is 2. The van der Waals surface area contributed by atoms with Gasteiger partial charge in [0, 0.05) is 38.2 Å². The molecule has 0 aliphatic heterocycles. The molecule has 0 spiro atoms. The van der Waals surface area contributed by atoms with Crippen LogP contribution in [0.4, 0.5) is 5.69 Å². The SMILES string of the molecule is CN(C)C(=O)CCc1cccc(NC(=O)c2ccc(OCCc3ccccc3)cc2)c1. The highest BCUT2D eigenvalue weighted by molar-refractivity contribution is 6.04. The Morgan fingerprint density at radius 3 is 2.26 bits per heavy atom. The Bertz CT molecular complexity index is 999. The first-order chi connectivity index (χ1) is 15.0. The molecule has 0 saturated carbocycles. The van der Waals surface area contributed by atoms with Crippen molar-refractivity contribution in [2.24, 2.45) is 0 Å². The van der Waals surface area contributed by atoms with Gasteiger partial charge in [-0.1, -0.05) is 42.5 Å². The number of hydrogen-bond acceptors (Lipinski definition) is 3. The van der Waals surface area contributed by atoms with Gasteiger partial charge in [0.05, 0.1) is 6.61 Å².